The van der Waals surface area contributed by atoms with Crippen LogP contribution in [0.3, 0.4) is 0 Å². The van der Waals surface area contributed by atoms with Crippen molar-refractivity contribution in [1.29, 1.82) is 0 Å². The van der Waals surface area contributed by atoms with Gasteiger partial charge in [0.1, 0.15) is 5.75 Å². The van der Waals surface area contributed by atoms with Crippen LogP contribution in [0, 0.1) is 12.8 Å². The van der Waals surface area contributed by atoms with Gasteiger partial charge < -0.3 is 4.74 Å². The van der Waals surface area contributed by atoms with Gasteiger partial charge in [-0.2, -0.15) is 0 Å². The fourth-order valence-corrected chi connectivity index (χ4v) is 9.62. The summed E-state index contributed by atoms with van der Waals surface area (Å²) in [6.45, 7) is 21.6. The molecule has 2 rings (SSSR count). The van der Waals surface area contributed by atoms with Crippen LogP contribution in [0.15, 0.2) is 69.4 Å². The third-order valence-corrected chi connectivity index (χ3v) is 11.1. The maximum atomic E-state index is 5.41. The van der Waals surface area contributed by atoms with E-state index in [9.17, 15) is 0 Å². The van der Waals surface area contributed by atoms with Gasteiger partial charge in [0.25, 0.3) is 0 Å². The number of ether oxygens (including phenoxy) is 1. The van der Waals surface area contributed by atoms with Crippen molar-refractivity contribution in [2.24, 2.45) is 5.92 Å². The number of hydrogen-bond donors (Lipinski definition) is 0. The summed E-state index contributed by atoms with van der Waals surface area (Å²) in [5, 5.41) is 0. The molecule has 0 spiro atoms. The monoisotopic (exact) mass is 402 g/mol. The third-order valence-electron chi connectivity index (χ3n) is 4.78. The SMILES string of the molecule is C=CC(C)=COc1cccc(C)c1.CC1=C(C)C(C)[C]([Ti][SiH](C)C)=C1C. The molecule has 0 fully saturated rings. The molecule has 0 aromatic heterocycles. The molecule has 140 valence electrons. The van der Waals surface area contributed by atoms with E-state index in [4.69, 9.17) is 4.74 Å². The van der Waals surface area contributed by atoms with E-state index in [1.54, 1.807) is 29.1 Å². The van der Waals surface area contributed by atoms with Gasteiger partial charge in [0, 0.05) is 0 Å². The van der Waals surface area contributed by atoms with E-state index in [-0.39, 0.29) is 25.1 Å². The number of hydrogen-bond acceptors (Lipinski definition) is 1. The zero-order valence-corrected chi connectivity index (χ0v) is 20.5. The molecule has 1 aliphatic rings. The summed E-state index contributed by atoms with van der Waals surface area (Å²) >= 11 is 0.267. The van der Waals surface area contributed by atoms with Gasteiger partial charge in [-0.25, -0.2) is 0 Å². The van der Waals surface area contributed by atoms with Gasteiger partial charge in [-0.05, 0) is 37.1 Å². The van der Waals surface area contributed by atoms with Crippen molar-refractivity contribution in [3.63, 3.8) is 0 Å². The first kappa shape index (κ1) is 23.0. The van der Waals surface area contributed by atoms with Crippen molar-refractivity contribution in [2.75, 3.05) is 0 Å². The molecule has 1 aromatic carbocycles. The van der Waals surface area contributed by atoms with Crippen molar-refractivity contribution in [3.8, 4) is 5.75 Å². The van der Waals surface area contributed by atoms with Gasteiger partial charge >= 0.3 is 92.4 Å². The number of benzene rings is 1. The minimum atomic E-state index is -0.315. The molecule has 1 nitrogen and oxygen atoms in total. The molecular weight excluding hydrogens is 368 g/mol. The van der Waals surface area contributed by atoms with Gasteiger partial charge in [-0.1, -0.05) is 24.8 Å². The molecule has 1 aromatic rings. The Balaban J connectivity index is 0.000000260. The predicted molar refractivity (Wildman–Crippen MR) is 115 cm³/mol. The van der Waals surface area contributed by atoms with Gasteiger partial charge in [0.05, 0.1) is 6.26 Å². The van der Waals surface area contributed by atoms with E-state index in [1.807, 2.05) is 42.0 Å². The standard InChI is InChI=1S/C12H14O.C9H13.C2H7Si.Ti/c1-4-10(2)9-13-12-7-5-6-11(3)8-12;1-6-5-7(2)9(4)8(6)3;1-3-2;/h4-9H,1H2,2-3H3;6H,1-4H3;3H,1-2H3;. The van der Waals surface area contributed by atoms with Crippen molar-refractivity contribution in [1.82, 2.24) is 0 Å². The van der Waals surface area contributed by atoms with E-state index >= 15 is 0 Å². The molecule has 0 amide bonds. The third kappa shape index (κ3) is 6.91. The van der Waals surface area contributed by atoms with Crippen molar-refractivity contribution in [2.45, 2.75) is 54.6 Å². The molecule has 0 heterocycles. The Morgan fingerprint density at radius 1 is 1.15 bits per heavy atom. The average molecular weight is 402 g/mol. The summed E-state index contributed by atoms with van der Waals surface area (Å²) in [4.78, 5) is 0. The molecule has 0 radical (unpaired) electrons. The van der Waals surface area contributed by atoms with Crippen molar-refractivity contribution < 1.29 is 23.1 Å². The fraction of sp³-hybridized carbons (Fsp3) is 0.391. The van der Waals surface area contributed by atoms with Crippen LogP contribution < -0.4 is 4.74 Å². The molecule has 26 heavy (non-hydrogen) atoms. The quantitative estimate of drug-likeness (QED) is 0.300. The topological polar surface area (TPSA) is 9.23 Å². The molecule has 1 aliphatic carbocycles. The summed E-state index contributed by atoms with van der Waals surface area (Å²) in [7, 11) is 0. The molecule has 0 bridgehead atoms. The number of rotatable bonds is 5. The van der Waals surface area contributed by atoms with Crippen LogP contribution in [0.5, 0.6) is 5.75 Å². The summed E-state index contributed by atoms with van der Waals surface area (Å²) in [5.41, 5.74) is 7.07. The van der Waals surface area contributed by atoms with Crippen LogP contribution >= 0.6 is 0 Å². The van der Waals surface area contributed by atoms with Gasteiger partial charge in [-0.15, -0.1) is 0 Å². The van der Waals surface area contributed by atoms with E-state index in [0.29, 0.717) is 0 Å². The van der Waals surface area contributed by atoms with Gasteiger partial charge in [0.2, 0.25) is 0 Å². The van der Waals surface area contributed by atoms with Crippen LogP contribution in [0.4, 0.5) is 0 Å². The van der Waals surface area contributed by atoms with Crippen molar-refractivity contribution >= 4 is 6.66 Å². The Bertz CT molecular complexity index is 725. The van der Waals surface area contributed by atoms with Crippen LogP contribution in [-0.2, 0) is 18.4 Å². The Hall–Kier alpha value is -1.09. The first-order valence-corrected chi connectivity index (χ1v) is 15.7. The van der Waals surface area contributed by atoms with E-state index in [2.05, 4.69) is 47.4 Å². The van der Waals surface area contributed by atoms with Crippen LogP contribution in [-0.4, -0.2) is 6.66 Å². The minimum absolute atomic E-state index is 0.267. The Morgan fingerprint density at radius 2 is 1.81 bits per heavy atom. The van der Waals surface area contributed by atoms with E-state index < -0.39 is 0 Å². The normalized spacial score (nSPS) is 17.3. The molecule has 0 aliphatic heterocycles. The molecule has 0 saturated carbocycles. The second-order valence-electron chi connectivity index (χ2n) is 7.37. The molecule has 0 saturated heterocycles. The molecular formula is C23H34OSiTi. The molecule has 3 heteroatoms. The van der Waals surface area contributed by atoms with Crippen LogP contribution in [0.2, 0.25) is 13.1 Å². The summed E-state index contributed by atoms with van der Waals surface area (Å²) in [6, 6.07) is 7.94. The maximum absolute atomic E-state index is 5.41. The number of aryl methyl sites for hydroxylation is 1. The fourth-order valence-electron chi connectivity index (χ4n) is 2.81. The van der Waals surface area contributed by atoms with Crippen molar-refractivity contribution in [3.05, 3.63) is 74.9 Å². The van der Waals surface area contributed by atoms with Gasteiger partial charge in [0.15, 0.2) is 0 Å². The van der Waals surface area contributed by atoms with E-state index in [0.717, 1.165) is 17.2 Å². The Morgan fingerprint density at radius 3 is 2.27 bits per heavy atom. The Labute approximate surface area is 170 Å². The molecule has 1 atom stereocenters. The molecule has 0 N–H and O–H groups in total. The van der Waals surface area contributed by atoms with E-state index in [1.165, 1.54) is 5.56 Å². The second kappa shape index (κ2) is 10.9. The Kier molecular flexibility index (Phi) is 9.63. The second-order valence-corrected chi connectivity index (χ2v) is 17.6. The van der Waals surface area contributed by atoms with Gasteiger partial charge in [-0.3, -0.25) is 0 Å². The summed E-state index contributed by atoms with van der Waals surface area (Å²) in [6.07, 6.45) is 3.46. The predicted octanol–water partition coefficient (Wildman–Crippen LogP) is 6.78. The van der Waals surface area contributed by atoms with Crippen LogP contribution in [0.1, 0.15) is 40.2 Å². The molecule has 1 unspecified atom stereocenters. The number of allylic oxidation sites excluding steroid dienone is 6. The summed E-state index contributed by atoms with van der Waals surface area (Å²) < 4.78 is 7.26. The summed E-state index contributed by atoms with van der Waals surface area (Å²) in [5.74, 6) is 1.65. The van der Waals surface area contributed by atoms with Crippen LogP contribution in [0.25, 0.3) is 0 Å². The first-order chi connectivity index (χ1) is 12.2. The first-order valence-electron chi connectivity index (χ1n) is 9.34. The zero-order valence-electron chi connectivity index (χ0n) is 17.7. The average Bonchev–Trinajstić information content (AvgIpc) is 2.78. The zero-order chi connectivity index (χ0) is 19.9.